The SMILES string of the molecule is COC[C@H](C)Nc1ncc2c(-c3cnn([C@@H]4CO[C@H]5OCC[C@H]54)c3)cc([C@H]3CC[C@H](O)CC3)n2n1. The van der Waals surface area contributed by atoms with Gasteiger partial charge in [0.2, 0.25) is 5.95 Å². The second-order valence-electron chi connectivity index (χ2n) is 10.2. The van der Waals surface area contributed by atoms with Crippen molar-refractivity contribution in [3.05, 3.63) is 30.4 Å². The van der Waals surface area contributed by atoms with E-state index in [2.05, 4.69) is 22.6 Å². The molecule has 0 amide bonds. The maximum Gasteiger partial charge on any atom is 0.241 e. The zero-order valence-electron chi connectivity index (χ0n) is 20.3. The van der Waals surface area contributed by atoms with Gasteiger partial charge in [0.1, 0.15) is 0 Å². The first-order valence-corrected chi connectivity index (χ1v) is 12.7. The van der Waals surface area contributed by atoms with Gasteiger partial charge < -0.3 is 24.6 Å². The highest BCUT2D eigenvalue weighted by atomic mass is 16.7. The van der Waals surface area contributed by atoms with Crippen LogP contribution >= 0.6 is 0 Å². The topological polar surface area (TPSA) is 108 Å². The van der Waals surface area contributed by atoms with E-state index >= 15 is 0 Å². The van der Waals surface area contributed by atoms with E-state index in [1.165, 1.54) is 0 Å². The molecule has 1 aliphatic carbocycles. The number of hydrogen-bond donors (Lipinski definition) is 2. The number of hydrogen-bond acceptors (Lipinski definition) is 8. The largest absolute Gasteiger partial charge is 0.393 e. The fraction of sp³-hybridized carbons (Fsp3) is 0.640. The maximum atomic E-state index is 10.1. The van der Waals surface area contributed by atoms with Crippen LogP contribution in [0.1, 0.15) is 56.7 Å². The molecule has 188 valence electrons. The Labute approximate surface area is 204 Å². The molecule has 0 radical (unpaired) electrons. The molecule has 6 rings (SSSR count). The summed E-state index contributed by atoms with van der Waals surface area (Å²) in [6, 6.07) is 2.53. The van der Waals surface area contributed by atoms with Gasteiger partial charge in [-0.25, -0.2) is 9.50 Å². The summed E-state index contributed by atoms with van der Waals surface area (Å²) in [5.41, 5.74) is 4.24. The van der Waals surface area contributed by atoms with Crippen molar-refractivity contribution < 1.29 is 19.3 Å². The van der Waals surface area contributed by atoms with Gasteiger partial charge in [-0.05, 0) is 45.1 Å². The molecule has 2 aliphatic heterocycles. The molecule has 1 saturated carbocycles. The fourth-order valence-electron chi connectivity index (χ4n) is 5.86. The summed E-state index contributed by atoms with van der Waals surface area (Å²) in [5, 5.41) is 23.0. The Bertz CT molecular complexity index is 1170. The van der Waals surface area contributed by atoms with Gasteiger partial charge in [-0.1, -0.05) is 0 Å². The third kappa shape index (κ3) is 4.33. The van der Waals surface area contributed by atoms with Crippen LogP contribution in [0, 0.1) is 5.92 Å². The molecule has 2 N–H and O–H groups in total. The number of aromatic nitrogens is 5. The normalized spacial score (nSPS) is 29.5. The second-order valence-corrected chi connectivity index (χ2v) is 10.2. The number of rotatable bonds is 7. The van der Waals surface area contributed by atoms with E-state index in [1.807, 2.05) is 28.5 Å². The summed E-state index contributed by atoms with van der Waals surface area (Å²) in [6.45, 7) is 3.99. The molecule has 5 heterocycles. The van der Waals surface area contributed by atoms with E-state index < -0.39 is 0 Å². The lowest BCUT2D eigenvalue weighted by molar-refractivity contribution is -0.0905. The number of aliphatic hydroxyl groups is 1. The van der Waals surface area contributed by atoms with Crippen LogP contribution in [-0.4, -0.2) is 74.9 Å². The minimum absolute atomic E-state index is 0.0935. The Morgan fingerprint density at radius 3 is 2.89 bits per heavy atom. The van der Waals surface area contributed by atoms with Gasteiger partial charge in [0.25, 0.3) is 0 Å². The van der Waals surface area contributed by atoms with Crippen molar-refractivity contribution in [2.75, 3.05) is 32.2 Å². The van der Waals surface area contributed by atoms with Crippen molar-refractivity contribution >= 4 is 11.5 Å². The molecule has 3 aromatic rings. The molecule has 3 aromatic heterocycles. The van der Waals surface area contributed by atoms with Crippen LogP contribution in [0.5, 0.6) is 0 Å². The van der Waals surface area contributed by atoms with Crippen molar-refractivity contribution in [3.63, 3.8) is 0 Å². The summed E-state index contributed by atoms with van der Waals surface area (Å²) in [6.07, 6.45) is 10.2. The Balaban J connectivity index is 1.35. The fourth-order valence-corrected chi connectivity index (χ4v) is 5.86. The van der Waals surface area contributed by atoms with Crippen molar-refractivity contribution in [3.8, 4) is 11.1 Å². The van der Waals surface area contributed by atoms with E-state index in [4.69, 9.17) is 24.4 Å². The Morgan fingerprint density at radius 2 is 2.06 bits per heavy atom. The smallest absolute Gasteiger partial charge is 0.241 e. The highest BCUT2D eigenvalue weighted by Crippen LogP contribution is 2.40. The highest BCUT2D eigenvalue weighted by Gasteiger charge is 2.43. The number of ether oxygens (including phenoxy) is 3. The lowest BCUT2D eigenvalue weighted by atomic mass is 9.85. The zero-order chi connectivity index (χ0) is 23.9. The summed E-state index contributed by atoms with van der Waals surface area (Å²) in [4.78, 5) is 4.61. The number of fused-ring (bicyclic) bond motifs is 2. The van der Waals surface area contributed by atoms with E-state index in [1.54, 1.807) is 7.11 Å². The van der Waals surface area contributed by atoms with Gasteiger partial charge in [0.05, 0.1) is 49.9 Å². The number of methoxy groups -OCH3 is 1. The van der Waals surface area contributed by atoms with Gasteiger partial charge >= 0.3 is 0 Å². The minimum atomic E-state index is -0.200. The lowest BCUT2D eigenvalue weighted by Gasteiger charge is -2.25. The summed E-state index contributed by atoms with van der Waals surface area (Å²) in [7, 11) is 1.69. The van der Waals surface area contributed by atoms with Crippen LogP contribution in [0.25, 0.3) is 16.6 Å². The quantitative estimate of drug-likeness (QED) is 0.529. The molecule has 10 nitrogen and oxygen atoms in total. The van der Waals surface area contributed by atoms with Crippen LogP contribution in [0.3, 0.4) is 0 Å². The molecule has 35 heavy (non-hydrogen) atoms. The van der Waals surface area contributed by atoms with Crippen molar-refractivity contribution in [1.82, 2.24) is 24.4 Å². The van der Waals surface area contributed by atoms with E-state index in [0.717, 1.165) is 61.0 Å². The predicted octanol–water partition coefficient (Wildman–Crippen LogP) is 2.99. The summed E-state index contributed by atoms with van der Waals surface area (Å²) >= 11 is 0. The van der Waals surface area contributed by atoms with Gasteiger partial charge in [0.15, 0.2) is 6.29 Å². The van der Waals surface area contributed by atoms with Crippen molar-refractivity contribution in [1.29, 1.82) is 0 Å². The Kier molecular flexibility index (Phi) is 6.21. The average molecular weight is 483 g/mol. The standard InChI is InChI=1S/C25H34N6O4/c1-15(13-33-2)28-25-26-11-22-20(9-21(31(22)29-25)16-3-5-18(32)6-4-16)17-10-27-30(12-17)23-14-35-24-19(23)7-8-34-24/h9-12,15-16,18-19,23-24,32H,3-8,13-14H2,1-2H3,(H,28,29)/t15-,16-,18-,19-,23+,24+/m0/s1. The van der Waals surface area contributed by atoms with Crippen LogP contribution < -0.4 is 5.32 Å². The van der Waals surface area contributed by atoms with Crippen LogP contribution in [-0.2, 0) is 14.2 Å². The maximum absolute atomic E-state index is 10.1. The van der Waals surface area contributed by atoms with Crippen LogP contribution in [0.2, 0.25) is 0 Å². The molecule has 10 heteroatoms. The van der Waals surface area contributed by atoms with E-state index in [-0.39, 0.29) is 24.5 Å². The third-order valence-corrected chi connectivity index (χ3v) is 7.71. The van der Waals surface area contributed by atoms with Gasteiger partial charge in [-0.3, -0.25) is 4.68 Å². The molecular weight excluding hydrogens is 448 g/mol. The van der Waals surface area contributed by atoms with Crippen molar-refractivity contribution in [2.45, 2.75) is 69.4 Å². The molecular formula is C25H34N6O4. The number of aliphatic hydroxyl groups excluding tert-OH is 1. The van der Waals surface area contributed by atoms with Gasteiger partial charge in [-0.2, -0.15) is 5.10 Å². The average Bonchev–Trinajstić information content (AvgIpc) is 3.63. The summed E-state index contributed by atoms with van der Waals surface area (Å²) in [5.74, 6) is 1.27. The number of nitrogens with one attached hydrogen (secondary N) is 1. The third-order valence-electron chi connectivity index (χ3n) is 7.71. The molecule has 0 unspecified atom stereocenters. The van der Waals surface area contributed by atoms with Crippen LogP contribution in [0.4, 0.5) is 5.95 Å². The first-order valence-electron chi connectivity index (χ1n) is 12.7. The molecule has 2 saturated heterocycles. The van der Waals surface area contributed by atoms with Gasteiger partial charge in [-0.15, -0.1) is 5.10 Å². The van der Waals surface area contributed by atoms with E-state index in [0.29, 0.717) is 31.0 Å². The number of nitrogens with zero attached hydrogens (tertiary/aromatic N) is 5. The number of anilines is 1. The molecule has 0 aromatic carbocycles. The monoisotopic (exact) mass is 482 g/mol. The predicted molar refractivity (Wildman–Crippen MR) is 129 cm³/mol. The molecule has 3 aliphatic rings. The molecule has 4 atom stereocenters. The molecule has 0 spiro atoms. The highest BCUT2D eigenvalue weighted by molar-refractivity contribution is 5.81. The lowest BCUT2D eigenvalue weighted by Crippen LogP contribution is -2.23. The Morgan fingerprint density at radius 1 is 1.20 bits per heavy atom. The second kappa shape index (κ2) is 9.50. The van der Waals surface area contributed by atoms with Crippen molar-refractivity contribution in [2.24, 2.45) is 5.92 Å². The minimum Gasteiger partial charge on any atom is -0.393 e. The zero-order valence-corrected chi connectivity index (χ0v) is 20.3. The summed E-state index contributed by atoms with van der Waals surface area (Å²) < 4.78 is 20.9. The van der Waals surface area contributed by atoms with E-state index in [9.17, 15) is 5.11 Å². The molecule has 0 bridgehead atoms. The Hall–Kier alpha value is -2.53. The first-order chi connectivity index (χ1) is 17.1. The van der Waals surface area contributed by atoms with Crippen LogP contribution in [0.15, 0.2) is 24.7 Å². The molecule has 3 fully saturated rings. The first kappa shape index (κ1) is 22.9. The van der Waals surface area contributed by atoms with Gasteiger partial charge in [0, 0.05) is 48.0 Å².